The molecular formula is C14H23BrN2O2S. The lowest BCUT2D eigenvalue weighted by Crippen LogP contribution is -2.34. The van der Waals surface area contributed by atoms with Crippen molar-refractivity contribution < 1.29 is 8.42 Å². The van der Waals surface area contributed by atoms with E-state index < -0.39 is 10.0 Å². The number of halogens is 1. The third-order valence-corrected chi connectivity index (χ3v) is 5.96. The van der Waals surface area contributed by atoms with Gasteiger partial charge < -0.3 is 5.73 Å². The molecule has 0 radical (unpaired) electrons. The van der Waals surface area contributed by atoms with Crippen molar-refractivity contribution in [2.24, 2.45) is 11.7 Å². The second-order valence-electron chi connectivity index (χ2n) is 5.43. The van der Waals surface area contributed by atoms with Crippen molar-refractivity contribution in [1.29, 1.82) is 0 Å². The van der Waals surface area contributed by atoms with Crippen LogP contribution in [0.3, 0.4) is 0 Å². The molecule has 0 aliphatic heterocycles. The van der Waals surface area contributed by atoms with Gasteiger partial charge in [0.05, 0.1) is 4.90 Å². The molecule has 0 amide bonds. The number of rotatable bonds is 6. The Labute approximate surface area is 130 Å². The maximum atomic E-state index is 12.6. The molecule has 0 aromatic heterocycles. The number of benzene rings is 1. The molecule has 6 heteroatoms. The van der Waals surface area contributed by atoms with Gasteiger partial charge in [0.25, 0.3) is 0 Å². The normalized spacial score (nSPS) is 14.0. The summed E-state index contributed by atoms with van der Waals surface area (Å²) in [6, 6.07) is 5.29. The van der Waals surface area contributed by atoms with Gasteiger partial charge in [-0.05, 0) is 37.0 Å². The summed E-state index contributed by atoms with van der Waals surface area (Å²) in [5.41, 5.74) is 6.72. The molecule has 1 rings (SSSR count). The van der Waals surface area contributed by atoms with Crippen LogP contribution in [-0.2, 0) is 10.0 Å². The van der Waals surface area contributed by atoms with Crippen molar-refractivity contribution in [3.05, 3.63) is 28.2 Å². The number of aryl methyl sites for hydroxylation is 1. The van der Waals surface area contributed by atoms with Crippen LogP contribution in [0.25, 0.3) is 0 Å². The van der Waals surface area contributed by atoms with Crippen molar-refractivity contribution >= 4 is 26.0 Å². The second kappa shape index (κ2) is 7.02. The molecule has 0 heterocycles. The van der Waals surface area contributed by atoms with Gasteiger partial charge in [-0.2, -0.15) is 0 Å². The van der Waals surface area contributed by atoms with E-state index in [4.69, 9.17) is 5.73 Å². The minimum Gasteiger partial charge on any atom is -0.327 e. The Morgan fingerprint density at radius 2 is 1.95 bits per heavy atom. The highest BCUT2D eigenvalue weighted by molar-refractivity contribution is 9.10. The smallest absolute Gasteiger partial charge is 0.243 e. The molecule has 1 aromatic rings. The molecular weight excluding hydrogens is 340 g/mol. The number of nitrogens with zero attached hydrogens (tertiary/aromatic N) is 1. The Kier molecular flexibility index (Phi) is 6.19. The van der Waals surface area contributed by atoms with E-state index in [2.05, 4.69) is 15.9 Å². The molecule has 0 aliphatic carbocycles. The van der Waals surface area contributed by atoms with Crippen molar-refractivity contribution in [3.63, 3.8) is 0 Å². The molecule has 0 fully saturated rings. The van der Waals surface area contributed by atoms with Crippen LogP contribution >= 0.6 is 15.9 Å². The molecule has 0 bridgehead atoms. The molecule has 1 atom stereocenters. The minimum atomic E-state index is -3.47. The lowest BCUT2D eigenvalue weighted by molar-refractivity contribution is 0.397. The maximum Gasteiger partial charge on any atom is 0.243 e. The minimum absolute atomic E-state index is 0.0104. The average Bonchev–Trinajstić information content (AvgIpc) is 2.37. The summed E-state index contributed by atoms with van der Waals surface area (Å²) in [6.45, 7) is 6.30. The summed E-state index contributed by atoms with van der Waals surface area (Å²) in [5.74, 6) is 0.346. The van der Waals surface area contributed by atoms with Crippen LogP contribution in [0.15, 0.2) is 27.6 Å². The predicted molar refractivity (Wildman–Crippen MR) is 86.1 cm³/mol. The highest BCUT2D eigenvalue weighted by Gasteiger charge is 2.23. The van der Waals surface area contributed by atoms with E-state index in [0.29, 0.717) is 23.8 Å². The highest BCUT2D eigenvalue weighted by atomic mass is 79.9. The van der Waals surface area contributed by atoms with Gasteiger partial charge in [0, 0.05) is 24.1 Å². The monoisotopic (exact) mass is 362 g/mol. The van der Waals surface area contributed by atoms with Gasteiger partial charge in [0.1, 0.15) is 0 Å². The fourth-order valence-electron chi connectivity index (χ4n) is 1.80. The molecule has 114 valence electrons. The molecule has 20 heavy (non-hydrogen) atoms. The van der Waals surface area contributed by atoms with Crippen molar-refractivity contribution in [2.45, 2.75) is 38.1 Å². The summed E-state index contributed by atoms with van der Waals surface area (Å²) >= 11 is 3.32. The molecule has 4 nitrogen and oxygen atoms in total. The molecule has 0 saturated carbocycles. The van der Waals surface area contributed by atoms with Crippen molar-refractivity contribution in [1.82, 2.24) is 4.31 Å². The lowest BCUT2D eigenvalue weighted by Gasteiger charge is -2.22. The predicted octanol–water partition coefficient (Wildman–Crippen LogP) is 2.75. The van der Waals surface area contributed by atoms with Crippen LogP contribution in [-0.4, -0.2) is 32.4 Å². The Morgan fingerprint density at radius 1 is 1.35 bits per heavy atom. The van der Waals surface area contributed by atoms with E-state index in [-0.39, 0.29) is 6.04 Å². The molecule has 1 unspecified atom stereocenters. The van der Waals surface area contributed by atoms with Gasteiger partial charge in [0.15, 0.2) is 0 Å². The molecule has 0 saturated heterocycles. The third kappa shape index (κ3) is 4.28. The van der Waals surface area contributed by atoms with Gasteiger partial charge in [-0.15, -0.1) is 0 Å². The van der Waals surface area contributed by atoms with Crippen LogP contribution < -0.4 is 5.73 Å². The fraction of sp³-hybridized carbons (Fsp3) is 0.571. The fourth-order valence-corrected chi connectivity index (χ4v) is 3.75. The summed E-state index contributed by atoms with van der Waals surface area (Å²) < 4.78 is 27.2. The number of sulfonamides is 1. The number of hydrogen-bond donors (Lipinski definition) is 1. The van der Waals surface area contributed by atoms with E-state index in [1.807, 2.05) is 19.9 Å². The van der Waals surface area contributed by atoms with E-state index in [1.165, 1.54) is 4.31 Å². The van der Waals surface area contributed by atoms with E-state index in [1.54, 1.807) is 26.1 Å². The van der Waals surface area contributed by atoms with E-state index >= 15 is 0 Å². The highest BCUT2D eigenvalue weighted by Crippen LogP contribution is 2.23. The Hall–Kier alpha value is -0.430. The van der Waals surface area contributed by atoms with Gasteiger partial charge in [-0.3, -0.25) is 0 Å². The van der Waals surface area contributed by atoms with Gasteiger partial charge in [-0.25, -0.2) is 12.7 Å². The molecule has 0 aliphatic rings. The zero-order valence-corrected chi connectivity index (χ0v) is 14.8. The summed E-state index contributed by atoms with van der Waals surface area (Å²) in [6.07, 6.45) is 0.653. The average molecular weight is 363 g/mol. The van der Waals surface area contributed by atoms with Crippen molar-refractivity contribution in [2.75, 3.05) is 13.6 Å². The van der Waals surface area contributed by atoms with Gasteiger partial charge >= 0.3 is 0 Å². The SMILES string of the molecule is Cc1ccc(Br)cc1S(=O)(=O)N(C)CCC(N)C(C)C. The van der Waals surface area contributed by atoms with E-state index in [9.17, 15) is 8.42 Å². The first-order chi connectivity index (χ1) is 9.16. The number of nitrogens with two attached hydrogens (primary N) is 1. The van der Waals surface area contributed by atoms with Crippen LogP contribution in [0.2, 0.25) is 0 Å². The Balaban J connectivity index is 2.90. The Morgan fingerprint density at radius 3 is 2.50 bits per heavy atom. The number of hydrogen-bond acceptors (Lipinski definition) is 3. The third-order valence-electron chi connectivity index (χ3n) is 3.47. The molecule has 2 N–H and O–H groups in total. The quantitative estimate of drug-likeness (QED) is 0.845. The summed E-state index contributed by atoms with van der Waals surface area (Å²) in [7, 11) is -1.87. The Bertz CT molecular complexity index is 558. The van der Waals surface area contributed by atoms with Crippen molar-refractivity contribution in [3.8, 4) is 0 Å². The topological polar surface area (TPSA) is 63.4 Å². The lowest BCUT2D eigenvalue weighted by atomic mass is 10.0. The summed E-state index contributed by atoms with van der Waals surface area (Å²) in [5, 5.41) is 0. The first-order valence-corrected chi connectivity index (χ1v) is 8.87. The first-order valence-electron chi connectivity index (χ1n) is 6.64. The standard InChI is InChI=1S/C14H23BrN2O2S/c1-10(2)13(16)7-8-17(4)20(18,19)14-9-12(15)6-5-11(14)3/h5-6,9-10,13H,7-8,16H2,1-4H3. The van der Waals surface area contributed by atoms with Crippen LogP contribution in [0, 0.1) is 12.8 Å². The molecule has 1 aromatic carbocycles. The van der Waals surface area contributed by atoms with Crippen LogP contribution in [0.1, 0.15) is 25.8 Å². The summed E-state index contributed by atoms with van der Waals surface area (Å²) in [4.78, 5) is 0.340. The first kappa shape index (κ1) is 17.6. The molecule has 0 spiro atoms. The zero-order chi connectivity index (χ0) is 15.5. The largest absolute Gasteiger partial charge is 0.327 e. The van der Waals surface area contributed by atoms with Crippen LogP contribution in [0.5, 0.6) is 0 Å². The van der Waals surface area contributed by atoms with Gasteiger partial charge in [0.2, 0.25) is 10.0 Å². The van der Waals surface area contributed by atoms with Crippen LogP contribution in [0.4, 0.5) is 0 Å². The zero-order valence-electron chi connectivity index (χ0n) is 12.4. The van der Waals surface area contributed by atoms with E-state index in [0.717, 1.165) is 10.0 Å². The maximum absolute atomic E-state index is 12.6. The van der Waals surface area contributed by atoms with Gasteiger partial charge in [-0.1, -0.05) is 35.8 Å². The second-order valence-corrected chi connectivity index (χ2v) is 8.36.